The predicted molar refractivity (Wildman–Crippen MR) is 83.8 cm³/mol. The number of carboxylic acid groups (broad SMARTS) is 1. The molecule has 0 spiro atoms. The first kappa shape index (κ1) is 16.0. The third kappa shape index (κ3) is 4.06. The minimum Gasteiger partial charge on any atom is -0.477 e. The molecule has 0 unspecified atom stereocenters. The Labute approximate surface area is 131 Å². The Morgan fingerprint density at radius 2 is 1.86 bits per heavy atom. The molecule has 7 heteroatoms. The topological polar surface area (TPSA) is 71.4 Å². The van der Waals surface area contributed by atoms with Crippen molar-refractivity contribution in [3.63, 3.8) is 0 Å². The molecule has 0 atom stereocenters. The largest absolute Gasteiger partial charge is 0.477 e. The highest BCUT2D eigenvalue weighted by Gasteiger charge is 2.19. The molecule has 4 nitrogen and oxygen atoms in total. The van der Waals surface area contributed by atoms with Gasteiger partial charge in [-0.3, -0.25) is 0 Å². The predicted octanol–water partition coefficient (Wildman–Crippen LogP) is 3.52. The van der Waals surface area contributed by atoms with E-state index in [1.54, 1.807) is 31.2 Å². The van der Waals surface area contributed by atoms with Gasteiger partial charge in [0, 0.05) is 9.90 Å². The lowest BCUT2D eigenvalue weighted by Crippen LogP contribution is -2.08. The molecule has 1 heterocycles. The van der Waals surface area contributed by atoms with Gasteiger partial charge in [0.15, 0.2) is 9.84 Å². The normalized spacial score (nSPS) is 11.5. The molecule has 0 saturated carbocycles. The van der Waals surface area contributed by atoms with Gasteiger partial charge in [0.1, 0.15) is 4.88 Å². The molecule has 1 aromatic heterocycles. The SMILES string of the molecule is Cc1sc(C(=O)O)cc1CS(=O)(=O)Cc1ccccc1Cl. The Bertz CT molecular complexity index is 778. The third-order valence-corrected chi connectivity index (χ3v) is 5.89. The molecule has 0 amide bonds. The van der Waals surface area contributed by atoms with E-state index in [1.165, 1.54) is 6.07 Å². The van der Waals surface area contributed by atoms with Gasteiger partial charge >= 0.3 is 5.97 Å². The van der Waals surface area contributed by atoms with Gasteiger partial charge in [-0.05, 0) is 30.2 Å². The van der Waals surface area contributed by atoms with E-state index in [1.807, 2.05) is 0 Å². The number of carbonyl (C=O) groups is 1. The summed E-state index contributed by atoms with van der Waals surface area (Å²) in [6.45, 7) is 1.72. The zero-order valence-electron chi connectivity index (χ0n) is 11.2. The Morgan fingerprint density at radius 1 is 1.24 bits per heavy atom. The number of aryl methyl sites for hydroxylation is 1. The molecule has 0 aliphatic heterocycles. The van der Waals surface area contributed by atoms with Crippen LogP contribution in [0.5, 0.6) is 0 Å². The molecule has 0 fully saturated rings. The number of aromatic carboxylic acids is 1. The van der Waals surface area contributed by atoms with Gasteiger partial charge in [-0.25, -0.2) is 13.2 Å². The van der Waals surface area contributed by atoms with E-state index in [4.69, 9.17) is 16.7 Å². The van der Waals surface area contributed by atoms with Crippen molar-refractivity contribution >= 4 is 38.7 Å². The van der Waals surface area contributed by atoms with E-state index in [2.05, 4.69) is 0 Å². The zero-order chi connectivity index (χ0) is 15.6. The molecule has 0 aliphatic carbocycles. The van der Waals surface area contributed by atoms with E-state index >= 15 is 0 Å². The summed E-state index contributed by atoms with van der Waals surface area (Å²) in [6, 6.07) is 8.20. The van der Waals surface area contributed by atoms with Gasteiger partial charge in [0.25, 0.3) is 0 Å². The number of sulfone groups is 1. The number of benzene rings is 1. The quantitative estimate of drug-likeness (QED) is 0.900. The van der Waals surface area contributed by atoms with Crippen LogP contribution in [-0.2, 0) is 21.3 Å². The standard InChI is InChI=1S/C14H13ClO4S2/c1-9-11(6-13(20-9)14(16)17)8-21(18,19)7-10-4-2-3-5-12(10)15/h2-6H,7-8H2,1H3,(H,16,17). The summed E-state index contributed by atoms with van der Waals surface area (Å²) in [4.78, 5) is 11.8. The maximum Gasteiger partial charge on any atom is 0.345 e. The summed E-state index contributed by atoms with van der Waals surface area (Å²) in [5.74, 6) is -1.39. The molecule has 112 valence electrons. The highest BCUT2D eigenvalue weighted by Crippen LogP contribution is 2.25. The number of carboxylic acids is 1. The van der Waals surface area contributed by atoms with Gasteiger partial charge in [0.05, 0.1) is 11.5 Å². The molecule has 2 rings (SSSR count). The van der Waals surface area contributed by atoms with Crippen LogP contribution in [0.2, 0.25) is 5.02 Å². The molecule has 2 aromatic rings. The van der Waals surface area contributed by atoms with Gasteiger partial charge < -0.3 is 5.11 Å². The highest BCUT2D eigenvalue weighted by atomic mass is 35.5. The second-order valence-corrected chi connectivity index (χ2v) is 8.35. The number of rotatable bonds is 5. The van der Waals surface area contributed by atoms with Crippen LogP contribution in [0.25, 0.3) is 0 Å². The van der Waals surface area contributed by atoms with Crippen LogP contribution in [0.4, 0.5) is 0 Å². The fourth-order valence-electron chi connectivity index (χ4n) is 1.91. The van der Waals surface area contributed by atoms with Crippen molar-refractivity contribution in [3.05, 3.63) is 56.2 Å². The zero-order valence-corrected chi connectivity index (χ0v) is 13.6. The first-order valence-electron chi connectivity index (χ1n) is 6.05. The Morgan fingerprint density at radius 3 is 2.43 bits per heavy atom. The van der Waals surface area contributed by atoms with E-state index in [9.17, 15) is 13.2 Å². The summed E-state index contributed by atoms with van der Waals surface area (Å²) < 4.78 is 24.5. The van der Waals surface area contributed by atoms with Gasteiger partial charge in [0.2, 0.25) is 0 Å². The van der Waals surface area contributed by atoms with Crippen molar-refractivity contribution in [2.75, 3.05) is 0 Å². The van der Waals surface area contributed by atoms with Gasteiger partial charge in [-0.1, -0.05) is 29.8 Å². The monoisotopic (exact) mass is 344 g/mol. The minimum atomic E-state index is -3.42. The fraction of sp³-hybridized carbons (Fsp3) is 0.214. The van der Waals surface area contributed by atoms with E-state index < -0.39 is 15.8 Å². The number of thiophene rings is 1. The van der Waals surface area contributed by atoms with Crippen molar-refractivity contribution < 1.29 is 18.3 Å². The summed E-state index contributed by atoms with van der Waals surface area (Å²) >= 11 is 7.05. The molecular formula is C14H13ClO4S2. The summed E-state index contributed by atoms with van der Waals surface area (Å²) in [7, 11) is -3.42. The van der Waals surface area contributed by atoms with Gasteiger partial charge in [-0.15, -0.1) is 11.3 Å². The minimum absolute atomic E-state index is 0.149. The molecule has 0 saturated heterocycles. The molecule has 1 aromatic carbocycles. The second-order valence-electron chi connectivity index (χ2n) is 4.62. The lowest BCUT2D eigenvalue weighted by Gasteiger charge is -2.06. The maximum atomic E-state index is 12.3. The third-order valence-electron chi connectivity index (χ3n) is 2.94. The maximum absolute atomic E-state index is 12.3. The lowest BCUT2D eigenvalue weighted by atomic mass is 10.2. The first-order valence-corrected chi connectivity index (χ1v) is 9.06. The molecule has 0 aliphatic rings. The number of hydrogen-bond donors (Lipinski definition) is 1. The van der Waals surface area contributed by atoms with Gasteiger partial charge in [-0.2, -0.15) is 0 Å². The lowest BCUT2D eigenvalue weighted by molar-refractivity contribution is 0.0702. The summed E-state index contributed by atoms with van der Waals surface area (Å²) in [5, 5.41) is 9.35. The average Bonchev–Trinajstić information content (AvgIpc) is 2.73. The van der Waals surface area contributed by atoms with Crippen LogP contribution in [0, 0.1) is 6.92 Å². The first-order chi connectivity index (χ1) is 9.78. The summed E-state index contributed by atoms with van der Waals surface area (Å²) in [6.07, 6.45) is 0. The Kier molecular flexibility index (Phi) is 4.70. The van der Waals surface area contributed by atoms with Crippen molar-refractivity contribution in [1.82, 2.24) is 0 Å². The molecule has 0 radical (unpaired) electrons. The highest BCUT2D eigenvalue weighted by molar-refractivity contribution is 7.89. The fourth-order valence-corrected chi connectivity index (χ4v) is 4.76. The van der Waals surface area contributed by atoms with Crippen molar-refractivity contribution in [2.24, 2.45) is 0 Å². The number of hydrogen-bond acceptors (Lipinski definition) is 4. The van der Waals surface area contributed by atoms with Crippen LogP contribution >= 0.6 is 22.9 Å². The Balaban J connectivity index is 2.22. The molecule has 21 heavy (non-hydrogen) atoms. The van der Waals surface area contributed by atoms with E-state index in [-0.39, 0.29) is 16.4 Å². The van der Waals surface area contributed by atoms with E-state index in [0.717, 1.165) is 11.3 Å². The van der Waals surface area contributed by atoms with Crippen LogP contribution < -0.4 is 0 Å². The average molecular weight is 345 g/mol. The second kappa shape index (κ2) is 6.17. The van der Waals surface area contributed by atoms with Crippen LogP contribution in [0.15, 0.2) is 30.3 Å². The molecule has 1 N–H and O–H groups in total. The summed E-state index contributed by atoms with van der Waals surface area (Å²) in [5.41, 5.74) is 1.08. The molecular weight excluding hydrogens is 332 g/mol. The van der Waals surface area contributed by atoms with Crippen LogP contribution in [-0.4, -0.2) is 19.5 Å². The van der Waals surface area contributed by atoms with Crippen molar-refractivity contribution in [1.29, 1.82) is 0 Å². The van der Waals surface area contributed by atoms with Crippen LogP contribution in [0.3, 0.4) is 0 Å². The Hall–Kier alpha value is -1.37. The molecule has 0 bridgehead atoms. The van der Waals surface area contributed by atoms with Crippen LogP contribution in [0.1, 0.15) is 25.7 Å². The smallest absolute Gasteiger partial charge is 0.345 e. The van der Waals surface area contributed by atoms with E-state index in [0.29, 0.717) is 21.0 Å². The van der Waals surface area contributed by atoms with Crippen molar-refractivity contribution in [2.45, 2.75) is 18.4 Å². The number of halogens is 1. The van der Waals surface area contributed by atoms with Crippen molar-refractivity contribution in [3.8, 4) is 0 Å².